The molecule has 0 N–H and O–H groups in total. The highest BCUT2D eigenvalue weighted by Crippen LogP contribution is 2.14. The van der Waals surface area contributed by atoms with Gasteiger partial charge in [0.25, 0.3) is 0 Å². The van der Waals surface area contributed by atoms with Gasteiger partial charge in [-0.2, -0.15) is 0 Å². The van der Waals surface area contributed by atoms with Gasteiger partial charge in [-0.3, -0.25) is 14.4 Å². The zero-order valence-electron chi connectivity index (χ0n) is 43.2. The first kappa shape index (κ1) is 62.6. The molecule has 0 radical (unpaired) electrons. The third-order valence-corrected chi connectivity index (χ3v) is 11.7. The fourth-order valence-electron chi connectivity index (χ4n) is 7.56. The number of unbranched alkanes of at least 4 members (excludes halogenated alkanes) is 28. The summed E-state index contributed by atoms with van der Waals surface area (Å²) in [7, 11) is 0. The Morgan fingerprint density at radius 2 is 0.606 bits per heavy atom. The van der Waals surface area contributed by atoms with Crippen molar-refractivity contribution in [1.82, 2.24) is 0 Å². The van der Waals surface area contributed by atoms with E-state index < -0.39 is 6.10 Å². The van der Waals surface area contributed by atoms with Gasteiger partial charge in [0, 0.05) is 19.3 Å². The van der Waals surface area contributed by atoms with Crippen molar-refractivity contribution in [1.29, 1.82) is 0 Å². The van der Waals surface area contributed by atoms with Gasteiger partial charge in [0.05, 0.1) is 0 Å². The number of carbonyl (C=O) groups excluding carboxylic acids is 3. The molecule has 0 bridgehead atoms. The van der Waals surface area contributed by atoms with Crippen molar-refractivity contribution < 1.29 is 28.6 Å². The Labute approximate surface area is 407 Å². The monoisotopic (exact) mass is 919 g/mol. The maximum atomic E-state index is 12.8. The Hall–Kier alpha value is -3.41. The normalized spacial score (nSPS) is 12.7. The van der Waals surface area contributed by atoms with Crippen molar-refractivity contribution >= 4 is 17.9 Å². The first-order chi connectivity index (χ1) is 32.5. The van der Waals surface area contributed by atoms with E-state index in [0.29, 0.717) is 19.3 Å². The second-order valence-electron chi connectivity index (χ2n) is 18.2. The van der Waals surface area contributed by atoms with Gasteiger partial charge in [-0.1, -0.05) is 234 Å². The van der Waals surface area contributed by atoms with Crippen LogP contribution in [0.25, 0.3) is 0 Å². The third kappa shape index (κ3) is 51.6. The van der Waals surface area contributed by atoms with Crippen molar-refractivity contribution in [3.05, 3.63) is 85.1 Å². The summed E-state index contributed by atoms with van der Waals surface area (Å²) < 4.78 is 16.8. The zero-order chi connectivity index (χ0) is 47.9. The van der Waals surface area contributed by atoms with Crippen molar-refractivity contribution in [2.75, 3.05) is 13.2 Å². The first-order valence-corrected chi connectivity index (χ1v) is 27.7. The molecule has 6 heteroatoms. The number of allylic oxidation sites excluding steroid dienone is 14. The maximum Gasteiger partial charge on any atom is 0.306 e. The highest BCUT2D eigenvalue weighted by atomic mass is 16.6. The average Bonchev–Trinajstić information content (AvgIpc) is 3.31. The van der Waals surface area contributed by atoms with E-state index in [1.54, 1.807) is 0 Å². The molecule has 0 saturated heterocycles. The van der Waals surface area contributed by atoms with E-state index in [4.69, 9.17) is 14.2 Å². The molecular formula is C60H102O6. The predicted molar refractivity (Wildman–Crippen MR) is 284 cm³/mol. The Balaban J connectivity index is 4.44. The van der Waals surface area contributed by atoms with Crippen LogP contribution >= 0.6 is 0 Å². The summed E-state index contributed by atoms with van der Waals surface area (Å²) in [5.41, 5.74) is 0. The Kier molecular flexibility index (Phi) is 51.4. The number of carbonyl (C=O) groups is 3. The molecule has 1 atom stereocenters. The van der Waals surface area contributed by atoms with Crippen molar-refractivity contribution in [2.24, 2.45) is 0 Å². The fourth-order valence-corrected chi connectivity index (χ4v) is 7.56. The molecule has 0 aromatic heterocycles. The largest absolute Gasteiger partial charge is 0.462 e. The van der Waals surface area contributed by atoms with Gasteiger partial charge in [0.1, 0.15) is 13.2 Å². The minimum atomic E-state index is -0.796. The maximum absolute atomic E-state index is 12.8. The quantitative estimate of drug-likeness (QED) is 0.0199. The molecule has 0 spiro atoms. The van der Waals surface area contributed by atoms with Gasteiger partial charge < -0.3 is 14.2 Å². The lowest BCUT2D eigenvalue weighted by Crippen LogP contribution is -2.30. The van der Waals surface area contributed by atoms with Crippen LogP contribution in [0.4, 0.5) is 0 Å². The molecule has 0 aliphatic carbocycles. The third-order valence-electron chi connectivity index (χ3n) is 11.7. The number of esters is 3. The van der Waals surface area contributed by atoms with E-state index in [1.165, 1.54) is 109 Å². The van der Waals surface area contributed by atoms with Gasteiger partial charge in [-0.05, 0) is 89.9 Å². The smallest absolute Gasteiger partial charge is 0.306 e. The van der Waals surface area contributed by atoms with E-state index in [0.717, 1.165) is 109 Å². The lowest BCUT2D eigenvalue weighted by atomic mass is 10.1. The molecule has 0 aliphatic heterocycles. The van der Waals surface area contributed by atoms with Gasteiger partial charge in [-0.25, -0.2) is 0 Å². The molecule has 0 fully saturated rings. The second-order valence-corrected chi connectivity index (χ2v) is 18.2. The summed E-state index contributed by atoms with van der Waals surface area (Å²) in [6.45, 7) is 6.45. The SMILES string of the molecule is CC\C=C/C=C\C=C/CCCCCCCC(=O)OCC(COC(=O)CCCCCCC\C=C/C=C\C=C/CCCCCCC)OC(=O)CCCCCCCCC/C=C\CCCCCCCC. The number of rotatable bonds is 49. The summed E-state index contributed by atoms with van der Waals surface area (Å²) in [5, 5.41) is 0. The van der Waals surface area contributed by atoms with Crippen molar-refractivity contribution in [3.8, 4) is 0 Å². The number of hydrogen-bond acceptors (Lipinski definition) is 6. The standard InChI is InChI=1S/C60H102O6/c1-4-7-10-13-16-19-22-25-27-29-31-32-35-38-41-44-47-50-53-59(62)65-56-57(55-64-58(61)52-49-46-43-40-37-34-24-21-18-15-12-9-6-3)66-60(63)54-51-48-45-42-39-36-33-30-28-26-23-20-17-14-11-8-5-2/h9,12,15,18,21-22,24-29,31-32,57H,4-8,10-11,13-14,16-17,19-20,23,30,33-56H2,1-3H3/b12-9-,18-15-,24-21-,25-22-,28-26-,29-27-,32-31-. The fraction of sp³-hybridized carbons (Fsp3) is 0.717. The van der Waals surface area contributed by atoms with Gasteiger partial charge in [0.2, 0.25) is 0 Å². The summed E-state index contributed by atoms with van der Waals surface area (Å²) in [4.78, 5) is 38.1. The summed E-state index contributed by atoms with van der Waals surface area (Å²) in [6, 6.07) is 0. The predicted octanol–water partition coefficient (Wildman–Crippen LogP) is 18.4. The Morgan fingerprint density at radius 3 is 0.955 bits per heavy atom. The van der Waals surface area contributed by atoms with Gasteiger partial charge >= 0.3 is 17.9 Å². The molecule has 1 unspecified atom stereocenters. The molecular weight excluding hydrogens is 817 g/mol. The highest BCUT2D eigenvalue weighted by Gasteiger charge is 2.19. The Bertz CT molecular complexity index is 1290. The van der Waals surface area contributed by atoms with E-state index in [-0.39, 0.29) is 31.1 Å². The van der Waals surface area contributed by atoms with E-state index in [2.05, 4.69) is 106 Å². The minimum Gasteiger partial charge on any atom is -0.462 e. The molecule has 0 aromatic carbocycles. The minimum absolute atomic E-state index is 0.0958. The Morgan fingerprint density at radius 1 is 0.318 bits per heavy atom. The van der Waals surface area contributed by atoms with E-state index in [9.17, 15) is 14.4 Å². The van der Waals surface area contributed by atoms with E-state index >= 15 is 0 Å². The molecule has 0 amide bonds. The lowest BCUT2D eigenvalue weighted by Gasteiger charge is -2.18. The van der Waals surface area contributed by atoms with Crippen LogP contribution in [0.5, 0.6) is 0 Å². The molecule has 0 heterocycles. The summed E-state index contributed by atoms with van der Waals surface area (Å²) in [6.07, 6.45) is 69.9. The first-order valence-electron chi connectivity index (χ1n) is 27.7. The van der Waals surface area contributed by atoms with Crippen LogP contribution in [0.1, 0.15) is 258 Å². The van der Waals surface area contributed by atoms with E-state index in [1.807, 2.05) is 0 Å². The molecule has 6 nitrogen and oxygen atoms in total. The van der Waals surface area contributed by atoms with Crippen LogP contribution in [0.2, 0.25) is 0 Å². The van der Waals surface area contributed by atoms with Crippen LogP contribution in [0.3, 0.4) is 0 Å². The zero-order valence-corrected chi connectivity index (χ0v) is 43.2. The molecule has 0 rings (SSSR count). The topological polar surface area (TPSA) is 78.9 Å². The second kappa shape index (κ2) is 54.2. The van der Waals surface area contributed by atoms with Crippen LogP contribution in [0.15, 0.2) is 85.1 Å². The number of ether oxygens (including phenoxy) is 3. The lowest BCUT2D eigenvalue weighted by molar-refractivity contribution is -0.167. The molecule has 0 aromatic rings. The van der Waals surface area contributed by atoms with Gasteiger partial charge in [-0.15, -0.1) is 0 Å². The van der Waals surface area contributed by atoms with Gasteiger partial charge in [0.15, 0.2) is 6.10 Å². The summed E-state index contributed by atoms with van der Waals surface area (Å²) in [5.74, 6) is -0.936. The molecule has 0 saturated carbocycles. The van der Waals surface area contributed by atoms with Crippen molar-refractivity contribution in [3.63, 3.8) is 0 Å². The molecule has 66 heavy (non-hydrogen) atoms. The average molecular weight is 919 g/mol. The van der Waals surface area contributed by atoms with Crippen LogP contribution in [-0.2, 0) is 28.6 Å². The van der Waals surface area contributed by atoms with Crippen LogP contribution in [-0.4, -0.2) is 37.2 Å². The molecule has 0 aliphatic rings. The highest BCUT2D eigenvalue weighted by molar-refractivity contribution is 5.71. The summed E-state index contributed by atoms with van der Waals surface area (Å²) >= 11 is 0. The van der Waals surface area contributed by atoms with Crippen LogP contribution in [0, 0.1) is 0 Å². The van der Waals surface area contributed by atoms with Crippen LogP contribution < -0.4 is 0 Å². The molecule has 378 valence electrons. The number of hydrogen-bond donors (Lipinski definition) is 0. The van der Waals surface area contributed by atoms with Crippen molar-refractivity contribution in [2.45, 2.75) is 264 Å².